The average molecular weight is 341 g/mol. The molecule has 4 nitrogen and oxygen atoms in total. The minimum absolute atomic E-state index is 0.419. The number of halogens is 4. The highest BCUT2D eigenvalue weighted by Crippen LogP contribution is 2.27. The lowest BCUT2D eigenvalue weighted by atomic mass is 10.3. The molecule has 0 radical (unpaired) electrons. The van der Waals surface area contributed by atoms with E-state index >= 15 is 0 Å². The van der Waals surface area contributed by atoms with Gasteiger partial charge >= 0.3 is 6.18 Å². The molecule has 0 spiro atoms. The van der Waals surface area contributed by atoms with Gasteiger partial charge in [-0.25, -0.2) is 0 Å². The zero-order valence-electron chi connectivity index (χ0n) is 9.97. The standard InChI is InChI=1S/C11H12BrF3N2O2/c1-19-9-4-7(2-3-8(9)12)17-10(18)5-16-6-11(13,14)15/h2-4,16H,5-6H2,1H3,(H,17,18). The van der Waals surface area contributed by atoms with Crippen LogP contribution in [0.3, 0.4) is 0 Å². The fourth-order valence-electron chi connectivity index (χ4n) is 1.26. The van der Waals surface area contributed by atoms with Crippen molar-refractivity contribution in [3.8, 4) is 5.75 Å². The quantitative estimate of drug-likeness (QED) is 0.866. The molecule has 106 valence electrons. The van der Waals surface area contributed by atoms with Gasteiger partial charge in [0.15, 0.2) is 0 Å². The Kier molecular flexibility index (Phi) is 5.61. The van der Waals surface area contributed by atoms with E-state index in [2.05, 4.69) is 21.2 Å². The molecule has 0 aromatic heterocycles. The number of nitrogens with one attached hydrogen (secondary N) is 2. The Bertz CT molecular complexity index is 452. The van der Waals surface area contributed by atoms with Crippen LogP contribution in [0.2, 0.25) is 0 Å². The smallest absolute Gasteiger partial charge is 0.401 e. The molecule has 19 heavy (non-hydrogen) atoms. The summed E-state index contributed by atoms with van der Waals surface area (Å²) in [6, 6.07) is 4.83. The number of ether oxygens (including phenoxy) is 1. The lowest BCUT2D eigenvalue weighted by Crippen LogP contribution is -2.35. The second-order valence-corrected chi connectivity index (χ2v) is 4.47. The molecule has 1 aromatic carbocycles. The number of anilines is 1. The number of hydrogen-bond donors (Lipinski definition) is 2. The zero-order chi connectivity index (χ0) is 14.5. The molecular weight excluding hydrogens is 329 g/mol. The number of amides is 1. The van der Waals surface area contributed by atoms with E-state index in [0.717, 1.165) is 0 Å². The number of rotatable bonds is 5. The maximum absolute atomic E-state index is 11.9. The first-order chi connectivity index (χ1) is 8.81. The molecule has 1 aromatic rings. The van der Waals surface area contributed by atoms with Crippen molar-refractivity contribution in [3.63, 3.8) is 0 Å². The van der Waals surface area contributed by atoms with Crippen molar-refractivity contribution in [2.45, 2.75) is 6.18 Å². The molecule has 0 bridgehead atoms. The van der Waals surface area contributed by atoms with Gasteiger partial charge in [0.25, 0.3) is 0 Å². The van der Waals surface area contributed by atoms with E-state index in [-0.39, 0.29) is 0 Å². The van der Waals surface area contributed by atoms with Gasteiger partial charge in [0.2, 0.25) is 5.91 Å². The van der Waals surface area contributed by atoms with Crippen LogP contribution < -0.4 is 15.4 Å². The van der Waals surface area contributed by atoms with Crippen LogP contribution in [0.5, 0.6) is 5.75 Å². The van der Waals surface area contributed by atoms with Crippen LogP contribution in [0.25, 0.3) is 0 Å². The summed E-state index contributed by atoms with van der Waals surface area (Å²) in [5, 5.41) is 4.47. The third kappa shape index (κ3) is 5.93. The predicted octanol–water partition coefficient (Wildman–Crippen LogP) is 2.55. The highest BCUT2D eigenvalue weighted by Gasteiger charge is 2.26. The van der Waals surface area contributed by atoms with E-state index in [0.29, 0.717) is 15.9 Å². The largest absolute Gasteiger partial charge is 0.495 e. The van der Waals surface area contributed by atoms with Crippen LogP contribution in [-0.4, -0.2) is 32.3 Å². The molecule has 1 rings (SSSR count). The van der Waals surface area contributed by atoms with Crippen LogP contribution in [0.15, 0.2) is 22.7 Å². The Morgan fingerprint density at radius 2 is 2.11 bits per heavy atom. The predicted molar refractivity (Wildman–Crippen MR) is 68.2 cm³/mol. The molecule has 0 saturated heterocycles. The molecule has 0 unspecified atom stereocenters. The van der Waals surface area contributed by atoms with Crippen LogP contribution in [0.4, 0.5) is 18.9 Å². The maximum Gasteiger partial charge on any atom is 0.401 e. The third-order valence-electron chi connectivity index (χ3n) is 2.05. The van der Waals surface area contributed by atoms with Crippen molar-refractivity contribution in [1.82, 2.24) is 5.32 Å². The second kappa shape index (κ2) is 6.76. The van der Waals surface area contributed by atoms with Crippen LogP contribution in [0, 0.1) is 0 Å². The average Bonchev–Trinajstić information content (AvgIpc) is 2.30. The third-order valence-corrected chi connectivity index (χ3v) is 2.70. The van der Waals surface area contributed by atoms with Crippen molar-refractivity contribution < 1.29 is 22.7 Å². The minimum atomic E-state index is -4.33. The number of hydrogen-bond acceptors (Lipinski definition) is 3. The fourth-order valence-corrected chi connectivity index (χ4v) is 1.67. The molecule has 0 atom stereocenters. The Balaban J connectivity index is 2.48. The van der Waals surface area contributed by atoms with Crippen molar-refractivity contribution in [2.24, 2.45) is 0 Å². The van der Waals surface area contributed by atoms with Gasteiger partial charge in [0, 0.05) is 11.8 Å². The summed E-state index contributed by atoms with van der Waals surface area (Å²) in [6.45, 7) is -1.62. The Hall–Kier alpha value is -1.28. The zero-order valence-corrected chi connectivity index (χ0v) is 11.6. The van der Waals surface area contributed by atoms with E-state index in [1.54, 1.807) is 18.2 Å². The van der Waals surface area contributed by atoms with Crippen LogP contribution in [-0.2, 0) is 4.79 Å². The highest BCUT2D eigenvalue weighted by molar-refractivity contribution is 9.10. The van der Waals surface area contributed by atoms with Crippen molar-refractivity contribution >= 4 is 27.5 Å². The van der Waals surface area contributed by atoms with E-state index in [1.165, 1.54) is 7.11 Å². The summed E-state index contributed by atoms with van der Waals surface area (Å²) in [4.78, 5) is 11.4. The molecule has 0 fully saturated rings. The summed E-state index contributed by atoms with van der Waals surface area (Å²) >= 11 is 3.25. The molecule has 0 aliphatic carbocycles. The first kappa shape index (κ1) is 15.8. The number of benzene rings is 1. The van der Waals surface area contributed by atoms with Gasteiger partial charge < -0.3 is 15.4 Å². The van der Waals surface area contributed by atoms with Gasteiger partial charge in [0.05, 0.1) is 24.7 Å². The van der Waals surface area contributed by atoms with Crippen molar-refractivity contribution in [1.29, 1.82) is 0 Å². The molecular formula is C11H12BrF3N2O2. The molecule has 0 saturated carbocycles. The molecule has 0 heterocycles. The second-order valence-electron chi connectivity index (χ2n) is 3.62. The number of carbonyl (C=O) groups excluding carboxylic acids is 1. The lowest BCUT2D eigenvalue weighted by Gasteiger charge is -2.10. The fraction of sp³-hybridized carbons (Fsp3) is 0.364. The van der Waals surface area contributed by atoms with Gasteiger partial charge in [-0.15, -0.1) is 0 Å². The number of alkyl halides is 3. The first-order valence-electron chi connectivity index (χ1n) is 5.22. The monoisotopic (exact) mass is 340 g/mol. The Labute approximate surface area is 116 Å². The van der Waals surface area contributed by atoms with Crippen molar-refractivity contribution in [3.05, 3.63) is 22.7 Å². The summed E-state index contributed by atoms with van der Waals surface area (Å²) in [6.07, 6.45) is -4.33. The summed E-state index contributed by atoms with van der Waals surface area (Å²) in [5.41, 5.74) is 0.443. The Morgan fingerprint density at radius 3 is 2.68 bits per heavy atom. The Morgan fingerprint density at radius 1 is 1.42 bits per heavy atom. The highest BCUT2D eigenvalue weighted by atomic mass is 79.9. The van der Waals surface area contributed by atoms with Gasteiger partial charge in [-0.1, -0.05) is 0 Å². The summed E-state index contributed by atoms with van der Waals surface area (Å²) < 4.78 is 41.3. The van der Waals surface area contributed by atoms with E-state index in [4.69, 9.17) is 4.74 Å². The van der Waals surface area contributed by atoms with E-state index in [1.807, 2.05) is 5.32 Å². The molecule has 2 N–H and O–H groups in total. The van der Waals surface area contributed by atoms with Crippen LogP contribution in [0.1, 0.15) is 0 Å². The summed E-state index contributed by atoms with van der Waals surface area (Å²) in [7, 11) is 1.47. The molecule has 8 heteroatoms. The van der Waals surface area contributed by atoms with Crippen LogP contribution >= 0.6 is 15.9 Å². The van der Waals surface area contributed by atoms with Gasteiger partial charge in [-0.05, 0) is 28.1 Å². The topological polar surface area (TPSA) is 50.4 Å². The van der Waals surface area contributed by atoms with Gasteiger partial charge in [-0.2, -0.15) is 13.2 Å². The molecule has 0 aliphatic rings. The number of methoxy groups -OCH3 is 1. The maximum atomic E-state index is 11.9. The summed E-state index contributed by atoms with van der Waals surface area (Å²) in [5.74, 6) is -0.0466. The lowest BCUT2D eigenvalue weighted by molar-refractivity contribution is -0.126. The molecule has 1 amide bonds. The van der Waals surface area contributed by atoms with E-state index < -0.39 is 25.2 Å². The SMILES string of the molecule is COc1cc(NC(=O)CNCC(F)(F)F)ccc1Br. The van der Waals surface area contributed by atoms with Gasteiger partial charge in [-0.3, -0.25) is 4.79 Å². The minimum Gasteiger partial charge on any atom is -0.495 e. The van der Waals surface area contributed by atoms with Gasteiger partial charge in [0.1, 0.15) is 5.75 Å². The normalized spacial score (nSPS) is 11.2. The molecule has 0 aliphatic heterocycles. The first-order valence-corrected chi connectivity index (χ1v) is 6.02. The van der Waals surface area contributed by atoms with Crippen molar-refractivity contribution in [2.75, 3.05) is 25.5 Å². The van der Waals surface area contributed by atoms with E-state index in [9.17, 15) is 18.0 Å². The number of carbonyl (C=O) groups is 1.